The lowest BCUT2D eigenvalue weighted by molar-refractivity contribution is 0.0529. The summed E-state index contributed by atoms with van der Waals surface area (Å²) in [6, 6.07) is 1.04. The Hall–Kier alpha value is -2.49. The first-order chi connectivity index (χ1) is 13.5. The second-order valence-electron chi connectivity index (χ2n) is 7.21. The van der Waals surface area contributed by atoms with E-state index >= 15 is 0 Å². The molecule has 0 aliphatic rings. The summed E-state index contributed by atoms with van der Waals surface area (Å²) in [6.07, 6.45) is -0.423. The highest BCUT2D eigenvalue weighted by molar-refractivity contribution is 9.10. The first-order valence-electron chi connectivity index (χ1n) is 8.90. The largest absolute Gasteiger partial charge is 0.478 e. The SMILES string of the molecule is CCc1c(C(=O)O)c(NCCNC(=O)OC(C)(C)C)nc2cc(F)c(Br)c(F)c12. The lowest BCUT2D eigenvalue weighted by Crippen LogP contribution is -2.35. The second kappa shape index (κ2) is 8.89. The molecule has 158 valence electrons. The highest BCUT2D eigenvalue weighted by Gasteiger charge is 2.24. The summed E-state index contributed by atoms with van der Waals surface area (Å²) in [4.78, 5) is 27.6. The predicted octanol–water partition coefficient (Wildman–Crippen LogP) is 4.47. The molecule has 0 atom stereocenters. The zero-order valence-electron chi connectivity index (χ0n) is 16.5. The van der Waals surface area contributed by atoms with Crippen LogP contribution in [0.25, 0.3) is 10.9 Å². The maximum atomic E-state index is 14.6. The summed E-state index contributed by atoms with van der Waals surface area (Å²) in [5, 5.41) is 14.9. The molecule has 1 amide bonds. The summed E-state index contributed by atoms with van der Waals surface area (Å²) >= 11 is 2.84. The fourth-order valence-electron chi connectivity index (χ4n) is 2.77. The first-order valence-corrected chi connectivity index (χ1v) is 9.69. The second-order valence-corrected chi connectivity index (χ2v) is 8.00. The minimum atomic E-state index is -1.29. The summed E-state index contributed by atoms with van der Waals surface area (Å²) in [7, 11) is 0. The van der Waals surface area contributed by atoms with E-state index in [0.717, 1.165) is 6.07 Å². The van der Waals surface area contributed by atoms with E-state index in [1.807, 2.05) is 0 Å². The van der Waals surface area contributed by atoms with Crippen LogP contribution in [0.4, 0.5) is 19.4 Å². The van der Waals surface area contributed by atoms with Crippen molar-refractivity contribution in [1.29, 1.82) is 0 Å². The Balaban J connectivity index is 2.33. The zero-order valence-corrected chi connectivity index (χ0v) is 18.0. The molecule has 7 nitrogen and oxygen atoms in total. The molecule has 0 saturated heterocycles. The molecule has 3 N–H and O–H groups in total. The number of fused-ring (bicyclic) bond motifs is 1. The fraction of sp³-hybridized carbons (Fsp3) is 0.421. The Bertz CT molecular complexity index is 961. The number of carbonyl (C=O) groups excluding carboxylic acids is 1. The molecule has 2 aromatic rings. The van der Waals surface area contributed by atoms with Gasteiger partial charge < -0.3 is 20.5 Å². The smallest absolute Gasteiger partial charge is 0.407 e. The van der Waals surface area contributed by atoms with Crippen LogP contribution >= 0.6 is 15.9 Å². The van der Waals surface area contributed by atoms with E-state index in [1.54, 1.807) is 27.7 Å². The van der Waals surface area contributed by atoms with Gasteiger partial charge in [-0.15, -0.1) is 0 Å². The Morgan fingerprint density at radius 2 is 1.93 bits per heavy atom. The number of halogens is 3. The Kier molecular flexibility index (Phi) is 6.99. The molecule has 0 radical (unpaired) electrons. The van der Waals surface area contributed by atoms with Gasteiger partial charge in [0, 0.05) is 24.5 Å². The van der Waals surface area contributed by atoms with E-state index in [1.165, 1.54) is 0 Å². The Labute approximate surface area is 175 Å². The number of carbonyl (C=O) groups is 2. The lowest BCUT2D eigenvalue weighted by atomic mass is 9.99. The topological polar surface area (TPSA) is 101 Å². The third kappa shape index (κ3) is 5.31. The number of alkyl carbamates (subject to hydrolysis) is 1. The zero-order chi connectivity index (χ0) is 21.9. The molecule has 1 heterocycles. The minimum absolute atomic E-state index is 0.00680. The van der Waals surface area contributed by atoms with Crippen molar-refractivity contribution in [3.63, 3.8) is 0 Å². The van der Waals surface area contributed by atoms with Crippen molar-refractivity contribution >= 4 is 44.7 Å². The number of nitrogens with one attached hydrogen (secondary N) is 2. The summed E-state index contributed by atoms with van der Waals surface area (Å²) < 4.78 is 33.3. The number of hydrogen-bond donors (Lipinski definition) is 3. The third-order valence-corrected chi connectivity index (χ3v) is 4.59. The van der Waals surface area contributed by atoms with E-state index in [9.17, 15) is 23.5 Å². The van der Waals surface area contributed by atoms with Crippen LogP contribution < -0.4 is 10.6 Å². The number of hydrogen-bond acceptors (Lipinski definition) is 5. The number of aryl methyl sites for hydroxylation is 1. The van der Waals surface area contributed by atoms with Crippen LogP contribution in [0, 0.1) is 11.6 Å². The molecule has 0 spiro atoms. The summed E-state index contributed by atoms with van der Waals surface area (Å²) in [6.45, 7) is 7.11. The van der Waals surface area contributed by atoms with Gasteiger partial charge in [-0.25, -0.2) is 23.4 Å². The van der Waals surface area contributed by atoms with Crippen LogP contribution in [0.5, 0.6) is 0 Å². The fourth-order valence-corrected chi connectivity index (χ4v) is 3.09. The van der Waals surface area contributed by atoms with E-state index in [0.29, 0.717) is 0 Å². The number of nitrogens with zero attached hydrogens (tertiary/aromatic N) is 1. The monoisotopic (exact) mass is 473 g/mol. The summed E-state index contributed by atoms with van der Waals surface area (Å²) in [5.74, 6) is -3.07. The van der Waals surface area contributed by atoms with E-state index < -0.39 is 29.3 Å². The van der Waals surface area contributed by atoms with Crippen molar-refractivity contribution in [2.24, 2.45) is 0 Å². The van der Waals surface area contributed by atoms with Gasteiger partial charge in [-0.2, -0.15) is 0 Å². The molecule has 0 bridgehead atoms. The number of carboxylic acids is 1. The molecule has 1 aromatic carbocycles. The molecule has 10 heteroatoms. The van der Waals surface area contributed by atoms with Gasteiger partial charge in [0.25, 0.3) is 0 Å². The molecule has 0 aliphatic carbocycles. The highest BCUT2D eigenvalue weighted by Crippen LogP contribution is 2.34. The van der Waals surface area contributed by atoms with Gasteiger partial charge in [0.15, 0.2) is 0 Å². The van der Waals surface area contributed by atoms with Crippen LogP contribution in [-0.4, -0.2) is 40.8 Å². The van der Waals surface area contributed by atoms with Gasteiger partial charge in [0.1, 0.15) is 28.6 Å². The molecule has 29 heavy (non-hydrogen) atoms. The highest BCUT2D eigenvalue weighted by atomic mass is 79.9. The standard InChI is InChI=1S/C19H22BrF2N3O4/c1-5-9-12-11(8-10(21)14(20)15(12)22)25-16(13(9)17(26)27)23-6-7-24-18(28)29-19(2,3)4/h8H,5-7H2,1-4H3,(H,23,25)(H,24,28)(H,26,27). The number of rotatable bonds is 6. The molecular weight excluding hydrogens is 452 g/mol. The molecular formula is C19H22BrF2N3O4. The van der Waals surface area contributed by atoms with Gasteiger partial charge in [0.05, 0.1) is 9.99 Å². The number of ether oxygens (including phenoxy) is 1. The minimum Gasteiger partial charge on any atom is -0.478 e. The van der Waals surface area contributed by atoms with Crippen molar-refractivity contribution in [1.82, 2.24) is 10.3 Å². The normalized spacial score (nSPS) is 11.4. The number of carboxylic acid groups (broad SMARTS) is 1. The van der Waals surface area contributed by atoms with Crippen molar-refractivity contribution in [2.75, 3.05) is 18.4 Å². The molecule has 0 unspecified atom stereocenters. The number of amides is 1. The number of pyridine rings is 1. The van der Waals surface area contributed by atoms with Crippen LogP contribution in [0.1, 0.15) is 43.6 Å². The van der Waals surface area contributed by atoms with Crippen LogP contribution in [0.15, 0.2) is 10.5 Å². The van der Waals surface area contributed by atoms with Crippen molar-refractivity contribution in [2.45, 2.75) is 39.7 Å². The first kappa shape index (κ1) is 22.8. The van der Waals surface area contributed by atoms with Gasteiger partial charge in [-0.3, -0.25) is 0 Å². The molecule has 0 saturated carbocycles. The number of aromatic nitrogens is 1. The predicted molar refractivity (Wildman–Crippen MR) is 108 cm³/mol. The number of aromatic carboxylic acids is 1. The Morgan fingerprint density at radius 3 is 2.48 bits per heavy atom. The average Bonchev–Trinajstić information content (AvgIpc) is 2.60. The van der Waals surface area contributed by atoms with Gasteiger partial charge in [-0.05, 0) is 48.7 Å². The maximum absolute atomic E-state index is 14.6. The van der Waals surface area contributed by atoms with Gasteiger partial charge in [0.2, 0.25) is 0 Å². The van der Waals surface area contributed by atoms with E-state index in [2.05, 4.69) is 31.5 Å². The van der Waals surface area contributed by atoms with E-state index in [4.69, 9.17) is 4.74 Å². The molecule has 1 aromatic heterocycles. The van der Waals surface area contributed by atoms with Crippen LogP contribution in [0.3, 0.4) is 0 Å². The Morgan fingerprint density at radius 1 is 1.28 bits per heavy atom. The van der Waals surface area contributed by atoms with Crippen molar-refractivity contribution in [3.8, 4) is 0 Å². The third-order valence-electron chi connectivity index (χ3n) is 3.87. The molecule has 0 aliphatic heterocycles. The van der Waals surface area contributed by atoms with Gasteiger partial charge >= 0.3 is 12.1 Å². The maximum Gasteiger partial charge on any atom is 0.407 e. The quantitative estimate of drug-likeness (QED) is 0.422. The van der Waals surface area contributed by atoms with Gasteiger partial charge in [-0.1, -0.05) is 6.92 Å². The van der Waals surface area contributed by atoms with E-state index in [-0.39, 0.29) is 51.8 Å². The molecule has 0 fully saturated rings. The van der Waals surface area contributed by atoms with Crippen molar-refractivity contribution < 1.29 is 28.2 Å². The van der Waals surface area contributed by atoms with Crippen molar-refractivity contribution in [3.05, 3.63) is 33.3 Å². The van der Waals surface area contributed by atoms with Crippen LogP contribution in [-0.2, 0) is 11.2 Å². The summed E-state index contributed by atoms with van der Waals surface area (Å²) in [5.41, 5.74) is -0.655. The average molecular weight is 474 g/mol. The molecule has 2 rings (SSSR count). The number of benzene rings is 1. The lowest BCUT2D eigenvalue weighted by Gasteiger charge is -2.20. The van der Waals surface area contributed by atoms with Crippen LogP contribution in [0.2, 0.25) is 0 Å². The number of anilines is 1.